The lowest BCUT2D eigenvalue weighted by atomic mass is 10.1. The van der Waals surface area contributed by atoms with Gasteiger partial charge >= 0.3 is 12.1 Å². The first kappa shape index (κ1) is 17.0. The monoisotopic (exact) mass is 343 g/mol. The molecule has 122 valence electrons. The Morgan fingerprint density at radius 1 is 1.17 bits per heavy atom. The van der Waals surface area contributed by atoms with Crippen LogP contribution >= 0.6 is 11.3 Å². The van der Waals surface area contributed by atoms with Gasteiger partial charge in [0.05, 0.1) is 24.8 Å². The van der Waals surface area contributed by atoms with Gasteiger partial charge in [0.1, 0.15) is 4.88 Å². The number of hydrogen-bond acceptors (Lipinski definition) is 4. The summed E-state index contributed by atoms with van der Waals surface area (Å²) in [6.45, 7) is 0. The van der Waals surface area contributed by atoms with Gasteiger partial charge in [-0.25, -0.2) is 4.79 Å². The summed E-state index contributed by atoms with van der Waals surface area (Å²) in [5.74, 6) is -1.00. The van der Waals surface area contributed by atoms with Crippen LogP contribution in [0.1, 0.15) is 20.8 Å². The summed E-state index contributed by atoms with van der Waals surface area (Å²) in [5, 5.41) is 4.17. The van der Waals surface area contributed by atoms with E-state index in [0.717, 1.165) is 23.5 Å². The second-order valence-corrected chi connectivity index (χ2v) is 5.49. The summed E-state index contributed by atoms with van der Waals surface area (Å²) in [7, 11) is 1.23. The number of carbonyl (C=O) groups is 2. The lowest BCUT2D eigenvalue weighted by Crippen LogP contribution is -2.16. The quantitative estimate of drug-likeness (QED) is 0.861. The van der Waals surface area contributed by atoms with E-state index in [1.807, 2.05) is 0 Å². The van der Waals surface area contributed by atoms with Gasteiger partial charge in [-0.15, -0.1) is 11.3 Å². The predicted octanol–water partition coefficient (Wildman–Crippen LogP) is 3.73. The van der Waals surface area contributed by atoms with Crippen LogP contribution in [-0.4, -0.2) is 19.0 Å². The van der Waals surface area contributed by atoms with E-state index in [1.54, 1.807) is 11.4 Å². The van der Waals surface area contributed by atoms with Crippen molar-refractivity contribution in [1.29, 1.82) is 0 Å². The summed E-state index contributed by atoms with van der Waals surface area (Å²) in [6.07, 6.45) is -4.51. The minimum absolute atomic E-state index is 0.103. The minimum Gasteiger partial charge on any atom is -0.465 e. The highest BCUT2D eigenvalue weighted by atomic mass is 32.1. The van der Waals surface area contributed by atoms with E-state index in [-0.39, 0.29) is 11.3 Å². The van der Waals surface area contributed by atoms with E-state index in [9.17, 15) is 22.8 Å². The molecule has 0 aliphatic rings. The summed E-state index contributed by atoms with van der Waals surface area (Å²) in [5.41, 5.74) is -0.0171. The zero-order valence-corrected chi connectivity index (χ0v) is 12.8. The molecule has 8 heteroatoms. The molecule has 0 aliphatic heterocycles. The average molecular weight is 343 g/mol. The van der Waals surface area contributed by atoms with Crippen LogP contribution in [0.2, 0.25) is 0 Å². The maximum atomic E-state index is 12.5. The number of amides is 1. The average Bonchev–Trinajstić information content (AvgIpc) is 2.94. The highest BCUT2D eigenvalue weighted by molar-refractivity contribution is 7.12. The lowest BCUT2D eigenvalue weighted by molar-refractivity contribution is -0.137. The number of ether oxygens (including phenoxy) is 1. The molecule has 0 saturated carbocycles. The molecule has 2 rings (SSSR count). The van der Waals surface area contributed by atoms with E-state index in [2.05, 4.69) is 10.1 Å². The number of thiophene rings is 1. The van der Waals surface area contributed by atoms with E-state index < -0.39 is 23.6 Å². The Balaban J connectivity index is 2.03. The Kier molecular flexibility index (Phi) is 5.05. The molecular weight excluding hydrogens is 331 g/mol. The molecule has 0 fully saturated rings. The number of nitrogens with one attached hydrogen (secondary N) is 1. The predicted molar refractivity (Wildman–Crippen MR) is 79.4 cm³/mol. The van der Waals surface area contributed by atoms with Crippen molar-refractivity contribution in [3.8, 4) is 0 Å². The van der Waals surface area contributed by atoms with Crippen LogP contribution < -0.4 is 5.32 Å². The first-order valence-corrected chi connectivity index (χ1v) is 7.31. The van der Waals surface area contributed by atoms with Crippen molar-refractivity contribution >= 4 is 28.9 Å². The molecule has 0 unspecified atom stereocenters. The fourth-order valence-corrected chi connectivity index (χ4v) is 2.62. The van der Waals surface area contributed by atoms with Gasteiger partial charge in [-0.3, -0.25) is 4.79 Å². The maximum absolute atomic E-state index is 12.5. The molecule has 0 radical (unpaired) electrons. The minimum atomic E-state index is -4.41. The Labute approximate surface area is 133 Å². The van der Waals surface area contributed by atoms with E-state index >= 15 is 0 Å². The van der Waals surface area contributed by atoms with E-state index in [0.29, 0.717) is 11.3 Å². The van der Waals surface area contributed by atoms with Crippen LogP contribution in [0, 0.1) is 0 Å². The topological polar surface area (TPSA) is 55.4 Å². The van der Waals surface area contributed by atoms with Gasteiger partial charge in [-0.2, -0.15) is 13.2 Å². The van der Waals surface area contributed by atoms with Crippen molar-refractivity contribution in [2.45, 2.75) is 12.6 Å². The third kappa shape index (κ3) is 4.32. The number of rotatable bonds is 4. The molecular formula is C15H12F3NO3S. The molecule has 0 bridgehead atoms. The zero-order valence-electron chi connectivity index (χ0n) is 11.9. The molecule has 0 spiro atoms. The van der Waals surface area contributed by atoms with Crippen molar-refractivity contribution in [1.82, 2.24) is 0 Å². The molecule has 1 amide bonds. The van der Waals surface area contributed by atoms with Gasteiger partial charge in [-0.05, 0) is 29.1 Å². The van der Waals surface area contributed by atoms with Crippen LogP contribution in [-0.2, 0) is 22.1 Å². The van der Waals surface area contributed by atoms with Crippen LogP contribution in [0.3, 0.4) is 0 Å². The molecule has 23 heavy (non-hydrogen) atoms. The molecule has 2 aromatic rings. The van der Waals surface area contributed by atoms with Crippen molar-refractivity contribution in [2.75, 3.05) is 12.4 Å². The zero-order chi connectivity index (χ0) is 17.0. The summed E-state index contributed by atoms with van der Waals surface area (Å²) >= 11 is 1.12. The Hall–Kier alpha value is -2.35. The molecule has 1 N–H and O–H groups in total. The second-order valence-electron chi connectivity index (χ2n) is 4.57. The maximum Gasteiger partial charge on any atom is 0.416 e. The van der Waals surface area contributed by atoms with Crippen LogP contribution in [0.25, 0.3) is 0 Å². The van der Waals surface area contributed by atoms with Crippen molar-refractivity contribution in [3.63, 3.8) is 0 Å². The van der Waals surface area contributed by atoms with Crippen molar-refractivity contribution in [2.24, 2.45) is 0 Å². The lowest BCUT2D eigenvalue weighted by Gasteiger charge is -2.08. The Bertz CT molecular complexity index is 708. The van der Waals surface area contributed by atoms with Gasteiger partial charge in [0.15, 0.2) is 0 Å². The highest BCUT2D eigenvalue weighted by Crippen LogP contribution is 2.29. The fraction of sp³-hybridized carbons (Fsp3) is 0.200. The summed E-state index contributed by atoms with van der Waals surface area (Å²) in [4.78, 5) is 23.7. The number of benzene rings is 1. The normalized spacial score (nSPS) is 11.1. The highest BCUT2D eigenvalue weighted by Gasteiger charge is 2.30. The van der Waals surface area contributed by atoms with E-state index in [4.69, 9.17) is 0 Å². The number of hydrogen-bond donors (Lipinski definition) is 1. The van der Waals surface area contributed by atoms with E-state index in [1.165, 1.54) is 19.2 Å². The molecule has 1 aromatic carbocycles. The second kappa shape index (κ2) is 6.82. The van der Waals surface area contributed by atoms with Crippen molar-refractivity contribution in [3.05, 3.63) is 51.7 Å². The number of anilines is 1. The van der Waals surface area contributed by atoms with Crippen LogP contribution in [0.5, 0.6) is 0 Å². The third-order valence-electron chi connectivity index (χ3n) is 2.96. The molecule has 0 atom stereocenters. The number of methoxy groups -OCH3 is 1. The molecule has 4 nitrogen and oxygen atoms in total. The first-order chi connectivity index (χ1) is 10.8. The Morgan fingerprint density at radius 3 is 2.39 bits per heavy atom. The number of esters is 1. The molecule has 1 aromatic heterocycles. The van der Waals surface area contributed by atoms with Gasteiger partial charge in [-0.1, -0.05) is 12.1 Å². The van der Waals surface area contributed by atoms with Crippen LogP contribution in [0.15, 0.2) is 35.7 Å². The van der Waals surface area contributed by atoms with Gasteiger partial charge in [0.2, 0.25) is 5.91 Å². The molecule has 1 heterocycles. The first-order valence-electron chi connectivity index (χ1n) is 6.43. The fourth-order valence-electron chi connectivity index (χ4n) is 1.85. The van der Waals surface area contributed by atoms with Gasteiger partial charge in [0.25, 0.3) is 0 Å². The molecule has 0 saturated heterocycles. The smallest absolute Gasteiger partial charge is 0.416 e. The van der Waals surface area contributed by atoms with Crippen molar-refractivity contribution < 1.29 is 27.5 Å². The van der Waals surface area contributed by atoms with Gasteiger partial charge < -0.3 is 10.1 Å². The standard InChI is InChI=1S/C15H12F3NO3S/c1-22-14(21)13-11(6-7-23-13)19-12(20)8-9-2-4-10(5-3-9)15(16,17)18/h2-7H,8H2,1H3,(H,19,20). The largest absolute Gasteiger partial charge is 0.465 e. The third-order valence-corrected chi connectivity index (χ3v) is 3.85. The number of halogens is 3. The summed E-state index contributed by atoms with van der Waals surface area (Å²) < 4.78 is 42.0. The SMILES string of the molecule is COC(=O)c1sccc1NC(=O)Cc1ccc(C(F)(F)F)cc1. The number of carbonyl (C=O) groups excluding carboxylic acids is 2. The van der Waals surface area contributed by atoms with Crippen LogP contribution in [0.4, 0.5) is 18.9 Å². The molecule has 0 aliphatic carbocycles. The number of alkyl halides is 3. The summed E-state index contributed by atoms with van der Waals surface area (Å²) in [6, 6.07) is 5.90. The Morgan fingerprint density at radius 2 is 1.83 bits per heavy atom. The van der Waals surface area contributed by atoms with Gasteiger partial charge in [0, 0.05) is 0 Å².